The number of nitrogen functional groups attached to an aromatic ring is 1. The molecule has 4 rings (SSSR count). The number of piperazine rings is 1. The number of sulfonamides is 1. The fraction of sp³-hybridized carbons (Fsp3) is 0.276. The molecule has 11 nitrogen and oxygen atoms in total. The van der Waals surface area contributed by atoms with Gasteiger partial charge in [0.25, 0.3) is 0 Å². The zero-order valence-corrected chi connectivity index (χ0v) is 23.7. The molecule has 1 aliphatic rings. The van der Waals surface area contributed by atoms with E-state index in [1.54, 1.807) is 44.5 Å². The Labute approximate surface area is 239 Å². The SMILES string of the molecule is COc1ccc(N(C)C(=O)C(Cc2ccccc2)NC(=O)CN2CCN(S(=O)(=O)c3cccc(N)c3)CC2=O)cc1. The normalized spacial score (nSPS) is 14.8. The van der Waals surface area contributed by atoms with Crippen molar-refractivity contribution in [2.75, 3.05) is 51.0 Å². The number of nitrogens with two attached hydrogens (primary N) is 1. The second-order valence-electron chi connectivity index (χ2n) is 9.63. The Morgan fingerprint density at radius 3 is 2.37 bits per heavy atom. The minimum atomic E-state index is -3.93. The zero-order chi connectivity index (χ0) is 29.6. The van der Waals surface area contributed by atoms with Crippen LogP contribution in [0, 0.1) is 0 Å². The molecule has 1 saturated heterocycles. The number of nitrogens with one attached hydrogen (secondary N) is 1. The largest absolute Gasteiger partial charge is 0.497 e. The van der Waals surface area contributed by atoms with Crippen molar-refractivity contribution in [2.45, 2.75) is 17.4 Å². The highest BCUT2D eigenvalue weighted by Gasteiger charge is 2.34. The Hall–Kier alpha value is -4.42. The van der Waals surface area contributed by atoms with E-state index in [1.165, 1.54) is 28.0 Å². The molecule has 3 amide bonds. The van der Waals surface area contributed by atoms with E-state index in [9.17, 15) is 22.8 Å². The number of benzene rings is 3. The van der Waals surface area contributed by atoms with Crippen molar-refractivity contribution in [1.82, 2.24) is 14.5 Å². The van der Waals surface area contributed by atoms with Crippen molar-refractivity contribution < 1.29 is 27.5 Å². The first-order chi connectivity index (χ1) is 19.6. The highest BCUT2D eigenvalue weighted by atomic mass is 32.2. The quantitative estimate of drug-likeness (QED) is 0.347. The third kappa shape index (κ3) is 7.21. The number of amides is 3. The van der Waals surface area contributed by atoms with Crippen molar-refractivity contribution in [2.24, 2.45) is 0 Å². The molecule has 0 aliphatic carbocycles. The predicted octanol–water partition coefficient (Wildman–Crippen LogP) is 1.50. The van der Waals surface area contributed by atoms with Crippen LogP contribution in [0.25, 0.3) is 0 Å². The van der Waals surface area contributed by atoms with E-state index in [1.807, 2.05) is 30.3 Å². The first-order valence-electron chi connectivity index (χ1n) is 13.0. The van der Waals surface area contributed by atoms with Crippen molar-refractivity contribution in [1.29, 1.82) is 0 Å². The molecule has 216 valence electrons. The Balaban J connectivity index is 1.43. The van der Waals surface area contributed by atoms with E-state index in [-0.39, 0.29) is 36.9 Å². The number of methoxy groups -OCH3 is 1. The third-order valence-electron chi connectivity index (χ3n) is 6.82. The van der Waals surface area contributed by atoms with Crippen LogP contribution in [0.5, 0.6) is 5.75 Å². The lowest BCUT2D eigenvalue weighted by Crippen LogP contribution is -2.56. The number of ether oxygens (including phenoxy) is 1. The first kappa shape index (κ1) is 29.6. The van der Waals surface area contributed by atoms with Gasteiger partial charge in [-0.25, -0.2) is 8.42 Å². The average molecular weight is 580 g/mol. The Bertz CT molecular complexity index is 1500. The Kier molecular flexibility index (Phi) is 9.25. The maximum absolute atomic E-state index is 13.5. The summed E-state index contributed by atoms with van der Waals surface area (Å²) in [5.41, 5.74) is 7.50. The number of anilines is 2. The van der Waals surface area contributed by atoms with Crippen molar-refractivity contribution >= 4 is 39.1 Å². The molecule has 12 heteroatoms. The molecule has 3 aromatic carbocycles. The second kappa shape index (κ2) is 12.8. The molecule has 1 aliphatic heterocycles. The molecule has 41 heavy (non-hydrogen) atoms. The van der Waals surface area contributed by atoms with Crippen LogP contribution in [0.4, 0.5) is 11.4 Å². The van der Waals surface area contributed by atoms with Crippen LogP contribution < -0.4 is 20.7 Å². The van der Waals surface area contributed by atoms with Gasteiger partial charge in [0.05, 0.1) is 25.1 Å². The molecule has 3 N–H and O–H groups in total. The molecular formula is C29H33N5O6S. The van der Waals surface area contributed by atoms with E-state index in [0.717, 1.165) is 9.87 Å². The van der Waals surface area contributed by atoms with Crippen LogP contribution in [0.3, 0.4) is 0 Å². The van der Waals surface area contributed by atoms with Gasteiger partial charge in [-0.15, -0.1) is 0 Å². The minimum absolute atomic E-state index is 0.000242. The smallest absolute Gasteiger partial charge is 0.249 e. The summed E-state index contributed by atoms with van der Waals surface area (Å²) >= 11 is 0. The van der Waals surface area contributed by atoms with Gasteiger partial charge in [-0.1, -0.05) is 36.4 Å². The van der Waals surface area contributed by atoms with Gasteiger partial charge in [0, 0.05) is 37.9 Å². The highest BCUT2D eigenvalue weighted by Crippen LogP contribution is 2.21. The summed E-state index contributed by atoms with van der Waals surface area (Å²) < 4.78 is 32.3. The monoisotopic (exact) mass is 579 g/mol. The molecule has 0 bridgehead atoms. The topological polar surface area (TPSA) is 142 Å². The van der Waals surface area contributed by atoms with Crippen LogP contribution in [0.2, 0.25) is 0 Å². The fourth-order valence-electron chi connectivity index (χ4n) is 4.51. The lowest BCUT2D eigenvalue weighted by Gasteiger charge is -2.33. The molecule has 1 fully saturated rings. The molecule has 0 radical (unpaired) electrons. The van der Waals surface area contributed by atoms with Gasteiger partial charge in [0.15, 0.2) is 0 Å². The van der Waals surface area contributed by atoms with Gasteiger partial charge >= 0.3 is 0 Å². The van der Waals surface area contributed by atoms with Crippen molar-refractivity contribution in [3.8, 4) is 5.75 Å². The van der Waals surface area contributed by atoms with Gasteiger partial charge in [-0.05, 0) is 48.0 Å². The fourth-order valence-corrected chi connectivity index (χ4v) is 5.95. The van der Waals surface area contributed by atoms with Crippen LogP contribution >= 0.6 is 0 Å². The van der Waals surface area contributed by atoms with Crippen LogP contribution in [0.1, 0.15) is 5.56 Å². The van der Waals surface area contributed by atoms with Gasteiger partial charge < -0.3 is 25.6 Å². The predicted molar refractivity (Wildman–Crippen MR) is 155 cm³/mol. The van der Waals surface area contributed by atoms with Crippen LogP contribution in [-0.2, 0) is 30.8 Å². The van der Waals surface area contributed by atoms with E-state index in [2.05, 4.69) is 5.32 Å². The second-order valence-corrected chi connectivity index (χ2v) is 11.6. The Morgan fingerprint density at radius 2 is 1.73 bits per heavy atom. The molecule has 1 unspecified atom stereocenters. The number of nitrogens with zero attached hydrogens (tertiary/aromatic N) is 3. The van der Waals surface area contributed by atoms with E-state index in [0.29, 0.717) is 17.1 Å². The molecule has 1 atom stereocenters. The molecule has 0 aromatic heterocycles. The molecule has 0 spiro atoms. The number of hydrogen-bond acceptors (Lipinski definition) is 7. The van der Waals surface area contributed by atoms with Crippen LogP contribution in [0.15, 0.2) is 83.8 Å². The van der Waals surface area contributed by atoms with E-state index < -0.39 is 34.4 Å². The number of likely N-dealkylation sites (N-methyl/N-ethyl adjacent to an activating group) is 1. The summed E-state index contributed by atoms with van der Waals surface area (Å²) in [6.07, 6.45) is 0.242. The summed E-state index contributed by atoms with van der Waals surface area (Å²) in [4.78, 5) is 42.2. The van der Waals surface area contributed by atoms with Crippen molar-refractivity contribution in [3.63, 3.8) is 0 Å². The lowest BCUT2D eigenvalue weighted by atomic mass is 10.0. The summed E-state index contributed by atoms with van der Waals surface area (Å²) in [5, 5.41) is 2.79. The molecule has 1 heterocycles. The maximum Gasteiger partial charge on any atom is 0.249 e. The first-order valence-corrected chi connectivity index (χ1v) is 14.4. The summed E-state index contributed by atoms with van der Waals surface area (Å²) in [6.45, 7) is -0.674. The van der Waals surface area contributed by atoms with Gasteiger partial charge in [0.2, 0.25) is 27.7 Å². The number of carbonyl (C=O) groups is 3. The number of rotatable bonds is 10. The molecule has 0 saturated carbocycles. The lowest BCUT2D eigenvalue weighted by molar-refractivity contribution is -0.139. The Morgan fingerprint density at radius 1 is 1.02 bits per heavy atom. The highest BCUT2D eigenvalue weighted by molar-refractivity contribution is 7.89. The zero-order valence-electron chi connectivity index (χ0n) is 22.9. The summed E-state index contributed by atoms with van der Waals surface area (Å²) in [5.74, 6) is -0.728. The van der Waals surface area contributed by atoms with Crippen LogP contribution in [-0.4, -0.2) is 81.7 Å². The maximum atomic E-state index is 13.5. The summed E-state index contributed by atoms with van der Waals surface area (Å²) in [6, 6.07) is 21.2. The van der Waals surface area contributed by atoms with Gasteiger partial charge in [-0.3, -0.25) is 14.4 Å². The number of hydrogen-bond donors (Lipinski definition) is 2. The van der Waals surface area contributed by atoms with Crippen molar-refractivity contribution in [3.05, 3.63) is 84.4 Å². The molecular weight excluding hydrogens is 546 g/mol. The summed E-state index contributed by atoms with van der Waals surface area (Å²) in [7, 11) is -0.751. The van der Waals surface area contributed by atoms with E-state index >= 15 is 0 Å². The minimum Gasteiger partial charge on any atom is -0.497 e. The standard InChI is InChI=1S/C29H33N5O6S/c1-32(23-11-13-24(40-2)14-12-23)29(37)26(17-21-7-4-3-5-8-21)31-27(35)19-33-15-16-34(20-28(33)36)41(38,39)25-10-6-9-22(30)18-25/h3-14,18,26H,15-17,19-20,30H2,1-2H3,(H,31,35). The average Bonchev–Trinajstić information content (AvgIpc) is 2.97. The van der Waals surface area contributed by atoms with Gasteiger partial charge in [-0.2, -0.15) is 4.31 Å². The molecule has 3 aromatic rings. The van der Waals surface area contributed by atoms with Gasteiger partial charge in [0.1, 0.15) is 11.8 Å². The van der Waals surface area contributed by atoms with E-state index in [4.69, 9.17) is 10.5 Å². The third-order valence-corrected chi connectivity index (χ3v) is 8.66. The number of carbonyl (C=O) groups excluding carboxylic acids is 3.